The van der Waals surface area contributed by atoms with Crippen LogP contribution in [-0.4, -0.2) is 23.7 Å². The Morgan fingerprint density at radius 2 is 2.33 bits per heavy atom. The average molecular weight is 209 g/mol. The number of nitrogens with two attached hydrogens (primary N) is 1. The summed E-state index contributed by atoms with van der Waals surface area (Å²) in [5, 5.41) is 9.21. The van der Waals surface area contributed by atoms with E-state index >= 15 is 0 Å². The van der Waals surface area contributed by atoms with Gasteiger partial charge in [-0.3, -0.25) is 4.79 Å². The fraction of sp³-hybridized carbons (Fsp3) is 0.364. The van der Waals surface area contributed by atoms with Crippen molar-refractivity contribution in [2.24, 2.45) is 5.73 Å². The maximum absolute atomic E-state index is 11.2. The number of ether oxygens (including phenoxy) is 1. The fourth-order valence-electron chi connectivity index (χ4n) is 1.27. The van der Waals surface area contributed by atoms with E-state index in [9.17, 15) is 9.90 Å². The molecule has 0 unspecified atom stereocenters. The van der Waals surface area contributed by atoms with Gasteiger partial charge in [0.05, 0.1) is 6.61 Å². The quantitative estimate of drug-likeness (QED) is 0.720. The summed E-state index contributed by atoms with van der Waals surface area (Å²) in [4.78, 5) is 11.2. The number of rotatable bonds is 4. The third kappa shape index (κ3) is 3.59. The molecular weight excluding hydrogens is 194 g/mol. The largest absolute Gasteiger partial charge is 0.508 e. The van der Waals surface area contributed by atoms with Gasteiger partial charge < -0.3 is 15.6 Å². The predicted molar refractivity (Wildman–Crippen MR) is 56.4 cm³/mol. The number of phenolic OH excluding ortho intramolecular Hbond substituents is 1. The Morgan fingerprint density at radius 3 is 2.93 bits per heavy atom. The van der Waals surface area contributed by atoms with Gasteiger partial charge >= 0.3 is 5.97 Å². The van der Waals surface area contributed by atoms with Crippen molar-refractivity contribution in [2.45, 2.75) is 19.4 Å². The van der Waals surface area contributed by atoms with Crippen LogP contribution in [0.4, 0.5) is 0 Å². The fourth-order valence-corrected chi connectivity index (χ4v) is 1.27. The van der Waals surface area contributed by atoms with E-state index in [1.807, 2.05) is 0 Å². The first-order valence-electron chi connectivity index (χ1n) is 4.83. The Bertz CT molecular complexity index is 338. The number of aromatic hydroxyl groups is 1. The third-order valence-electron chi connectivity index (χ3n) is 1.96. The van der Waals surface area contributed by atoms with Gasteiger partial charge in [0.25, 0.3) is 0 Å². The minimum Gasteiger partial charge on any atom is -0.508 e. The minimum absolute atomic E-state index is 0.170. The second kappa shape index (κ2) is 5.36. The van der Waals surface area contributed by atoms with Crippen molar-refractivity contribution in [3.63, 3.8) is 0 Å². The molecule has 0 heterocycles. The molecule has 0 aliphatic carbocycles. The monoisotopic (exact) mass is 209 g/mol. The molecule has 0 saturated heterocycles. The van der Waals surface area contributed by atoms with Gasteiger partial charge in [0.15, 0.2) is 0 Å². The lowest BCUT2D eigenvalue weighted by Crippen LogP contribution is -2.34. The second-order valence-electron chi connectivity index (χ2n) is 3.23. The van der Waals surface area contributed by atoms with Gasteiger partial charge in [0, 0.05) is 0 Å². The van der Waals surface area contributed by atoms with Gasteiger partial charge in [0.2, 0.25) is 0 Å². The lowest BCUT2D eigenvalue weighted by Gasteiger charge is -2.10. The third-order valence-corrected chi connectivity index (χ3v) is 1.96. The molecule has 4 nitrogen and oxygen atoms in total. The van der Waals surface area contributed by atoms with Crippen molar-refractivity contribution in [2.75, 3.05) is 6.61 Å². The molecule has 82 valence electrons. The van der Waals surface area contributed by atoms with E-state index < -0.39 is 12.0 Å². The number of hydrogen-bond donors (Lipinski definition) is 2. The lowest BCUT2D eigenvalue weighted by atomic mass is 10.1. The number of carbonyl (C=O) groups is 1. The molecule has 3 N–H and O–H groups in total. The van der Waals surface area contributed by atoms with Crippen LogP contribution in [0.1, 0.15) is 12.5 Å². The van der Waals surface area contributed by atoms with Crippen molar-refractivity contribution in [3.05, 3.63) is 29.8 Å². The summed E-state index contributed by atoms with van der Waals surface area (Å²) >= 11 is 0. The van der Waals surface area contributed by atoms with Crippen LogP contribution in [0, 0.1) is 0 Å². The highest BCUT2D eigenvalue weighted by Crippen LogP contribution is 2.12. The SMILES string of the molecule is CCOC(=O)[C@H](N)Cc1cccc(O)c1. The maximum Gasteiger partial charge on any atom is 0.323 e. The highest BCUT2D eigenvalue weighted by molar-refractivity contribution is 5.75. The number of phenols is 1. The molecular formula is C11H15NO3. The van der Waals surface area contributed by atoms with Gasteiger partial charge in [-0.1, -0.05) is 12.1 Å². The smallest absolute Gasteiger partial charge is 0.323 e. The normalized spacial score (nSPS) is 12.1. The van der Waals surface area contributed by atoms with Crippen LogP contribution >= 0.6 is 0 Å². The van der Waals surface area contributed by atoms with Crippen LogP contribution in [0.25, 0.3) is 0 Å². The zero-order valence-electron chi connectivity index (χ0n) is 8.64. The zero-order valence-corrected chi connectivity index (χ0v) is 8.64. The van der Waals surface area contributed by atoms with Gasteiger partial charge in [-0.05, 0) is 31.0 Å². The first kappa shape index (κ1) is 11.5. The number of benzene rings is 1. The van der Waals surface area contributed by atoms with Crippen molar-refractivity contribution >= 4 is 5.97 Å². The molecule has 0 bridgehead atoms. The van der Waals surface area contributed by atoms with E-state index in [0.717, 1.165) is 5.56 Å². The van der Waals surface area contributed by atoms with Gasteiger partial charge in [0.1, 0.15) is 11.8 Å². The standard InChI is InChI=1S/C11H15NO3/c1-2-15-11(14)10(12)7-8-4-3-5-9(13)6-8/h3-6,10,13H,2,7,12H2,1H3/t10-/m1/s1. The molecule has 0 radical (unpaired) electrons. The summed E-state index contributed by atoms with van der Waals surface area (Å²) in [6.07, 6.45) is 0.368. The Morgan fingerprint density at radius 1 is 1.60 bits per heavy atom. The van der Waals surface area contributed by atoms with E-state index in [4.69, 9.17) is 10.5 Å². The van der Waals surface area contributed by atoms with Gasteiger partial charge in [-0.2, -0.15) is 0 Å². The van der Waals surface area contributed by atoms with E-state index in [2.05, 4.69) is 0 Å². The second-order valence-corrected chi connectivity index (χ2v) is 3.23. The first-order valence-corrected chi connectivity index (χ1v) is 4.83. The van der Waals surface area contributed by atoms with Crippen LogP contribution in [-0.2, 0) is 16.0 Å². The Kier molecular flexibility index (Phi) is 4.12. The molecule has 1 atom stereocenters. The van der Waals surface area contributed by atoms with Crippen LogP contribution < -0.4 is 5.73 Å². The summed E-state index contributed by atoms with van der Waals surface area (Å²) in [6, 6.07) is 5.99. The number of hydrogen-bond acceptors (Lipinski definition) is 4. The summed E-state index contributed by atoms with van der Waals surface area (Å²) in [5.74, 6) is -0.246. The van der Waals surface area contributed by atoms with Crippen molar-refractivity contribution in [3.8, 4) is 5.75 Å². The molecule has 4 heteroatoms. The summed E-state index contributed by atoms with van der Waals surface area (Å²) in [6.45, 7) is 2.06. The van der Waals surface area contributed by atoms with E-state index in [0.29, 0.717) is 13.0 Å². The van der Waals surface area contributed by atoms with E-state index in [-0.39, 0.29) is 5.75 Å². The maximum atomic E-state index is 11.2. The topological polar surface area (TPSA) is 72.5 Å². The van der Waals surface area contributed by atoms with Crippen LogP contribution in [0.15, 0.2) is 24.3 Å². The molecule has 0 aliphatic heterocycles. The molecule has 0 spiro atoms. The van der Waals surface area contributed by atoms with Crippen LogP contribution in [0.2, 0.25) is 0 Å². The minimum atomic E-state index is -0.674. The molecule has 0 amide bonds. The number of carbonyl (C=O) groups excluding carboxylic acids is 1. The molecule has 0 aliphatic rings. The molecule has 1 aromatic carbocycles. The first-order chi connectivity index (χ1) is 7.13. The van der Waals surface area contributed by atoms with Crippen molar-refractivity contribution in [1.29, 1.82) is 0 Å². The van der Waals surface area contributed by atoms with E-state index in [1.54, 1.807) is 31.2 Å². The average Bonchev–Trinajstić information content (AvgIpc) is 2.18. The molecule has 1 aromatic rings. The molecule has 0 aromatic heterocycles. The van der Waals surface area contributed by atoms with Crippen LogP contribution in [0.5, 0.6) is 5.75 Å². The summed E-state index contributed by atoms with van der Waals surface area (Å²) < 4.78 is 4.78. The molecule has 0 fully saturated rings. The van der Waals surface area contributed by atoms with E-state index in [1.165, 1.54) is 0 Å². The number of esters is 1. The highest BCUT2D eigenvalue weighted by atomic mass is 16.5. The lowest BCUT2D eigenvalue weighted by molar-refractivity contribution is -0.144. The van der Waals surface area contributed by atoms with Gasteiger partial charge in [-0.25, -0.2) is 0 Å². The molecule has 1 rings (SSSR count). The summed E-state index contributed by atoms with van der Waals surface area (Å²) in [7, 11) is 0. The Balaban J connectivity index is 2.58. The Labute approximate surface area is 88.7 Å². The molecule has 0 saturated carbocycles. The summed E-state index contributed by atoms with van der Waals surface area (Å²) in [5.41, 5.74) is 6.44. The van der Waals surface area contributed by atoms with Crippen molar-refractivity contribution < 1.29 is 14.6 Å². The highest BCUT2D eigenvalue weighted by Gasteiger charge is 2.14. The zero-order chi connectivity index (χ0) is 11.3. The van der Waals surface area contributed by atoms with Gasteiger partial charge in [-0.15, -0.1) is 0 Å². The Hall–Kier alpha value is -1.55. The molecule has 15 heavy (non-hydrogen) atoms. The van der Waals surface area contributed by atoms with Crippen molar-refractivity contribution in [1.82, 2.24) is 0 Å². The van der Waals surface area contributed by atoms with Crippen LogP contribution in [0.3, 0.4) is 0 Å². The predicted octanol–water partition coefficient (Wildman–Crippen LogP) is 0.825.